The van der Waals surface area contributed by atoms with Gasteiger partial charge in [0, 0.05) is 32.2 Å². The van der Waals surface area contributed by atoms with Crippen LogP contribution in [0.25, 0.3) is 0 Å². The normalized spacial score (nSPS) is 25.6. The van der Waals surface area contributed by atoms with Gasteiger partial charge in [-0.1, -0.05) is 6.92 Å². The smallest absolute Gasteiger partial charge is 0.235 e. The summed E-state index contributed by atoms with van der Waals surface area (Å²) in [6.45, 7) is 6.02. The van der Waals surface area contributed by atoms with Crippen molar-refractivity contribution in [2.45, 2.75) is 25.4 Å². The number of carbonyl (C=O) groups excluding carboxylic acids is 1. The van der Waals surface area contributed by atoms with Crippen LogP contribution in [0.5, 0.6) is 0 Å². The molecular weight excluding hydrogens is 204 g/mol. The number of likely N-dealkylation sites (N-methyl/N-ethyl adjacent to an activating group) is 2. The Morgan fingerprint density at radius 1 is 1.56 bits per heavy atom. The number of hydrogen-bond donors (Lipinski definition) is 2. The minimum absolute atomic E-state index is 0.235. The van der Waals surface area contributed by atoms with Gasteiger partial charge in [0.15, 0.2) is 0 Å². The maximum atomic E-state index is 11.1. The van der Waals surface area contributed by atoms with Crippen LogP contribution in [-0.4, -0.2) is 68.1 Å². The Kier molecular flexibility index (Phi) is 5.18. The Labute approximate surface area is 98.0 Å². The number of hydrogen-bond acceptors (Lipinski definition) is 4. The molecule has 0 aromatic rings. The summed E-state index contributed by atoms with van der Waals surface area (Å²) < 4.78 is 0. The van der Waals surface area contributed by atoms with Gasteiger partial charge in [-0.3, -0.25) is 9.69 Å². The summed E-state index contributed by atoms with van der Waals surface area (Å²) >= 11 is 0. The third kappa shape index (κ3) is 3.43. The molecule has 2 atom stereocenters. The second-order valence-corrected chi connectivity index (χ2v) is 4.55. The van der Waals surface area contributed by atoms with E-state index in [-0.39, 0.29) is 11.9 Å². The lowest BCUT2D eigenvalue weighted by Crippen LogP contribution is -2.56. The van der Waals surface area contributed by atoms with Crippen LogP contribution in [0, 0.1) is 0 Å². The average molecular weight is 228 g/mol. The summed E-state index contributed by atoms with van der Waals surface area (Å²) in [5.74, 6) is -0.269. The molecule has 1 amide bonds. The predicted molar refractivity (Wildman–Crippen MR) is 65.2 cm³/mol. The average Bonchev–Trinajstić information content (AvgIpc) is 2.27. The summed E-state index contributed by atoms with van der Waals surface area (Å²) in [4.78, 5) is 15.8. The molecule has 1 fully saturated rings. The highest BCUT2D eigenvalue weighted by atomic mass is 16.1. The predicted octanol–water partition coefficient (Wildman–Crippen LogP) is -0.914. The molecule has 94 valence electrons. The van der Waals surface area contributed by atoms with Crippen LogP contribution in [0.2, 0.25) is 0 Å². The lowest BCUT2D eigenvalue weighted by molar-refractivity contribution is -0.120. The van der Waals surface area contributed by atoms with Crippen LogP contribution in [0.15, 0.2) is 0 Å². The first-order valence-corrected chi connectivity index (χ1v) is 5.97. The molecule has 0 bridgehead atoms. The molecule has 5 heteroatoms. The highest BCUT2D eigenvalue weighted by molar-refractivity contribution is 5.80. The first-order valence-electron chi connectivity index (χ1n) is 5.97. The number of amides is 1. The molecule has 16 heavy (non-hydrogen) atoms. The lowest BCUT2D eigenvalue weighted by Gasteiger charge is -2.40. The third-order valence-corrected chi connectivity index (χ3v) is 3.47. The van der Waals surface area contributed by atoms with E-state index in [2.05, 4.69) is 29.1 Å². The topological polar surface area (TPSA) is 61.6 Å². The second-order valence-electron chi connectivity index (χ2n) is 4.55. The van der Waals surface area contributed by atoms with Crippen molar-refractivity contribution in [1.82, 2.24) is 15.1 Å². The van der Waals surface area contributed by atoms with Crippen molar-refractivity contribution < 1.29 is 4.79 Å². The Hall–Kier alpha value is -0.650. The van der Waals surface area contributed by atoms with Crippen molar-refractivity contribution >= 4 is 5.91 Å². The fraction of sp³-hybridized carbons (Fsp3) is 0.909. The van der Waals surface area contributed by atoms with Crippen molar-refractivity contribution in [2.24, 2.45) is 5.73 Å². The van der Waals surface area contributed by atoms with E-state index in [1.54, 1.807) is 7.05 Å². The van der Waals surface area contributed by atoms with Crippen molar-refractivity contribution in [1.29, 1.82) is 0 Å². The van der Waals surface area contributed by atoms with E-state index in [1.807, 2.05) is 0 Å². The number of nitrogens with two attached hydrogens (primary N) is 1. The molecule has 0 radical (unpaired) electrons. The molecule has 1 saturated heterocycles. The van der Waals surface area contributed by atoms with Crippen molar-refractivity contribution in [3.8, 4) is 0 Å². The van der Waals surface area contributed by atoms with Gasteiger partial charge in [0.05, 0.1) is 6.04 Å². The van der Waals surface area contributed by atoms with Crippen LogP contribution in [0.1, 0.15) is 13.3 Å². The van der Waals surface area contributed by atoms with Crippen LogP contribution in [0.3, 0.4) is 0 Å². The van der Waals surface area contributed by atoms with Crippen molar-refractivity contribution in [2.75, 3.05) is 40.3 Å². The zero-order valence-electron chi connectivity index (χ0n) is 10.6. The second kappa shape index (κ2) is 6.18. The highest BCUT2D eigenvalue weighted by Gasteiger charge is 2.25. The summed E-state index contributed by atoms with van der Waals surface area (Å²) in [6.07, 6.45) is 1.15. The van der Waals surface area contributed by atoms with Crippen molar-refractivity contribution in [3.05, 3.63) is 0 Å². The first-order chi connectivity index (χ1) is 7.58. The fourth-order valence-corrected chi connectivity index (χ4v) is 2.20. The molecule has 5 nitrogen and oxygen atoms in total. The molecule has 2 unspecified atom stereocenters. The molecule has 3 N–H and O–H groups in total. The largest absolute Gasteiger partial charge is 0.368 e. The standard InChI is InChI=1S/C11H24N4O/c1-4-9-7-15(6-5-14(9)3)8-10(13-2)11(12)16/h9-10,13H,4-8H2,1-3H3,(H2,12,16). The van der Waals surface area contributed by atoms with Gasteiger partial charge in [-0.15, -0.1) is 0 Å². The van der Waals surface area contributed by atoms with E-state index in [0.29, 0.717) is 6.04 Å². The van der Waals surface area contributed by atoms with Gasteiger partial charge < -0.3 is 16.0 Å². The Bertz CT molecular complexity index is 234. The first kappa shape index (κ1) is 13.4. The van der Waals surface area contributed by atoms with Crippen LogP contribution >= 0.6 is 0 Å². The third-order valence-electron chi connectivity index (χ3n) is 3.47. The molecule has 1 rings (SSSR count). The molecule has 0 aromatic carbocycles. The van der Waals surface area contributed by atoms with E-state index in [4.69, 9.17) is 5.73 Å². The Morgan fingerprint density at radius 3 is 2.75 bits per heavy atom. The van der Waals surface area contributed by atoms with E-state index in [0.717, 1.165) is 32.6 Å². The molecule has 1 aliphatic rings. The van der Waals surface area contributed by atoms with E-state index in [9.17, 15) is 4.79 Å². The van der Waals surface area contributed by atoms with Gasteiger partial charge in [0.2, 0.25) is 5.91 Å². The van der Waals surface area contributed by atoms with Crippen LogP contribution in [-0.2, 0) is 4.79 Å². The van der Waals surface area contributed by atoms with E-state index >= 15 is 0 Å². The monoisotopic (exact) mass is 228 g/mol. The maximum Gasteiger partial charge on any atom is 0.235 e. The van der Waals surface area contributed by atoms with Crippen LogP contribution < -0.4 is 11.1 Å². The minimum Gasteiger partial charge on any atom is -0.368 e. The quantitative estimate of drug-likeness (QED) is 0.639. The number of piperazine rings is 1. The molecular formula is C11H24N4O. The molecule has 0 saturated carbocycles. The Balaban J connectivity index is 2.46. The van der Waals surface area contributed by atoms with Gasteiger partial charge in [0.25, 0.3) is 0 Å². The summed E-state index contributed by atoms with van der Waals surface area (Å²) in [6, 6.07) is 0.361. The lowest BCUT2D eigenvalue weighted by atomic mass is 10.1. The number of rotatable bonds is 5. The molecule has 0 aliphatic carbocycles. The van der Waals surface area contributed by atoms with Crippen LogP contribution in [0.4, 0.5) is 0 Å². The number of carbonyl (C=O) groups is 1. The summed E-state index contributed by atoms with van der Waals surface area (Å²) in [5, 5.41) is 2.96. The zero-order valence-corrected chi connectivity index (χ0v) is 10.6. The highest BCUT2D eigenvalue weighted by Crippen LogP contribution is 2.10. The number of primary amides is 1. The van der Waals surface area contributed by atoms with Gasteiger partial charge in [-0.05, 0) is 20.5 Å². The van der Waals surface area contributed by atoms with Gasteiger partial charge in [0.1, 0.15) is 0 Å². The molecule has 1 heterocycles. The summed E-state index contributed by atoms with van der Waals surface area (Å²) in [7, 11) is 3.94. The summed E-state index contributed by atoms with van der Waals surface area (Å²) in [5.41, 5.74) is 5.32. The number of nitrogens with one attached hydrogen (secondary N) is 1. The molecule has 1 aliphatic heterocycles. The fourth-order valence-electron chi connectivity index (χ4n) is 2.20. The van der Waals surface area contributed by atoms with E-state index < -0.39 is 0 Å². The van der Waals surface area contributed by atoms with Crippen molar-refractivity contribution in [3.63, 3.8) is 0 Å². The number of nitrogens with zero attached hydrogens (tertiary/aromatic N) is 2. The molecule has 0 aromatic heterocycles. The zero-order chi connectivity index (χ0) is 12.1. The minimum atomic E-state index is -0.269. The van der Waals surface area contributed by atoms with Gasteiger partial charge in [-0.25, -0.2) is 0 Å². The molecule has 0 spiro atoms. The maximum absolute atomic E-state index is 11.1. The van der Waals surface area contributed by atoms with Gasteiger partial charge >= 0.3 is 0 Å². The Morgan fingerprint density at radius 2 is 2.25 bits per heavy atom. The van der Waals surface area contributed by atoms with Gasteiger partial charge in [-0.2, -0.15) is 0 Å². The SMILES string of the molecule is CCC1CN(CC(NC)C(N)=O)CCN1C. The van der Waals surface area contributed by atoms with E-state index in [1.165, 1.54) is 0 Å².